The maximum Gasteiger partial charge on any atom is 0.289 e. The van der Waals surface area contributed by atoms with Gasteiger partial charge >= 0.3 is 0 Å². The molecule has 1 aromatic carbocycles. The minimum Gasteiger partial charge on any atom is -0.342 e. The Balaban J connectivity index is 0.00000180. The zero-order valence-corrected chi connectivity index (χ0v) is 11.3. The molecule has 1 unspecified atom stereocenters. The van der Waals surface area contributed by atoms with Gasteiger partial charge < -0.3 is 9.88 Å². The van der Waals surface area contributed by atoms with E-state index in [1.165, 1.54) is 10.5 Å². The van der Waals surface area contributed by atoms with Gasteiger partial charge in [0, 0.05) is 15.5 Å². The molecule has 0 aliphatic carbocycles. The van der Waals surface area contributed by atoms with Crippen LogP contribution in [-0.2, 0) is 0 Å². The molecule has 1 N–H and O–H groups in total. The van der Waals surface area contributed by atoms with Crippen molar-refractivity contribution < 1.29 is 6.22 Å². The summed E-state index contributed by atoms with van der Waals surface area (Å²) >= 11 is 0. The van der Waals surface area contributed by atoms with E-state index < -0.39 is 0 Å². The van der Waals surface area contributed by atoms with Crippen LogP contribution in [0.25, 0.3) is 11.0 Å². The zero-order chi connectivity index (χ0) is 13.3. The van der Waals surface area contributed by atoms with Gasteiger partial charge in [-0.3, -0.25) is 4.79 Å². The van der Waals surface area contributed by atoms with Crippen molar-refractivity contribution in [3.63, 3.8) is 0 Å². The molecule has 0 radical (unpaired) electrons. The number of fused-ring (bicyclic) bond motifs is 1. The first kappa shape index (κ1) is 12.6. The van der Waals surface area contributed by atoms with Gasteiger partial charge in [0.25, 0.3) is 5.91 Å². The van der Waals surface area contributed by atoms with E-state index >= 15 is 0 Å². The average molecular weight is 247 g/mol. The normalized spacial score (nSPS) is 12.7. The quantitative estimate of drug-likeness (QED) is 0.906. The van der Waals surface area contributed by atoms with Crippen LogP contribution < -0.4 is 0 Å². The number of amides is 1. The summed E-state index contributed by atoms with van der Waals surface area (Å²) < 4.78 is 0. The number of carbonyl (C=O) groups is 1. The molecule has 0 saturated heterocycles. The molecule has 0 saturated carbocycles. The van der Waals surface area contributed by atoms with Crippen molar-refractivity contribution in [2.24, 2.45) is 0 Å². The van der Waals surface area contributed by atoms with E-state index in [-0.39, 0.29) is 7.33 Å². The van der Waals surface area contributed by atoms with Crippen molar-refractivity contribution in [1.82, 2.24) is 14.9 Å². The van der Waals surface area contributed by atoms with E-state index in [4.69, 9.17) is 0 Å². The Kier molecular flexibility index (Phi) is 3.36. The third-order valence-electron chi connectivity index (χ3n) is 3.30. The highest BCUT2D eigenvalue weighted by Crippen LogP contribution is 2.22. The van der Waals surface area contributed by atoms with Crippen LogP contribution in [0.4, 0.5) is 0 Å². The molecule has 0 aliphatic rings. The summed E-state index contributed by atoms with van der Waals surface area (Å²) in [5.41, 5.74) is 3.04. The lowest BCUT2D eigenvalue weighted by Crippen LogP contribution is -2.22. The molecule has 2 aromatic rings. The molecular formula is C14H21N3O. The van der Waals surface area contributed by atoms with Crippen LogP contribution in [0.15, 0.2) is 18.2 Å². The van der Waals surface area contributed by atoms with Crippen LogP contribution >= 0.6 is 0 Å². The van der Waals surface area contributed by atoms with Crippen molar-refractivity contribution in [1.29, 1.82) is 0 Å². The Labute approximate surface area is 109 Å². The molecule has 18 heavy (non-hydrogen) atoms. The topological polar surface area (TPSA) is 49.0 Å². The number of nitrogens with zero attached hydrogens (tertiary/aromatic N) is 2. The lowest BCUT2D eigenvalue weighted by atomic mass is 9.98. The number of nitrogens with one attached hydrogen (secondary N) is 1. The van der Waals surface area contributed by atoms with Crippen LogP contribution in [0.2, 0.25) is 0 Å². The van der Waals surface area contributed by atoms with E-state index in [2.05, 4.69) is 35.9 Å². The minimum absolute atomic E-state index is 0. The fraction of sp³-hybridized carbons (Fsp3) is 0.429. The summed E-state index contributed by atoms with van der Waals surface area (Å²) in [5.74, 6) is 0.818. The van der Waals surface area contributed by atoms with Gasteiger partial charge in [0.2, 0.25) is 0 Å². The molecule has 2 rings (SSSR count). The van der Waals surface area contributed by atoms with Crippen molar-refractivity contribution in [2.45, 2.75) is 26.2 Å². The van der Waals surface area contributed by atoms with E-state index in [1.807, 2.05) is 6.07 Å². The molecule has 4 heteroatoms. The van der Waals surface area contributed by atoms with Gasteiger partial charge in [0.15, 0.2) is 5.82 Å². The standard InChI is InChI=1S/C14H19N3O.H2/c1-5-9(2)10-6-7-11-12(8-10)16-13(15-11)14(18)17(3)4;/h6-9H,5H2,1-4H3,(H,15,16);1H. The number of aromatic nitrogens is 2. The second-order valence-electron chi connectivity index (χ2n) is 4.87. The highest BCUT2D eigenvalue weighted by atomic mass is 16.2. The number of hydrogen-bond donors (Lipinski definition) is 1. The fourth-order valence-corrected chi connectivity index (χ4v) is 1.88. The highest BCUT2D eigenvalue weighted by molar-refractivity contribution is 5.93. The number of hydrogen-bond acceptors (Lipinski definition) is 2. The summed E-state index contributed by atoms with van der Waals surface area (Å²) in [6.45, 7) is 4.37. The average Bonchev–Trinajstić information content (AvgIpc) is 2.79. The molecule has 4 nitrogen and oxygen atoms in total. The molecule has 0 bridgehead atoms. The zero-order valence-electron chi connectivity index (χ0n) is 11.3. The monoisotopic (exact) mass is 247 g/mol. The maximum atomic E-state index is 11.8. The van der Waals surface area contributed by atoms with E-state index in [0.717, 1.165) is 17.5 Å². The summed E-state index contributed by atoms with van der Waals surface area (Å²) in [4.78, 5) is 20.7. The van der Waals surface area contributed by atoms with Gasteiger partial charge in [-0.05, 0) is 30.0 Å². The summed E-state index contributed by atoms with van der Waals surface area (Å²) in [7, 11) is 3.44. The molecule has 0 aliphatic heterocycles. The Morgan fingerprint density at radius 1 is 1.50 bits per heavy atom. The predicted molar refractivity (Wildman–Crippen MR) is 74.9 cm³/mol. The molecule has 1 amide bonds. The lowest BCUT2D eigenvalue weighted by molar-refractivity contribution is 0.0817. The first-order valence-electron chi connectivity index (χ1n) is 6.24. The van der Waals surface area contributed by atoms with Crippen LogP contribution in [0.3, 0.4) is 0 Å². The van der Waals surface area contributed by atoms with Crippen molar-refractivity contribution in [2.75, 3.05) is 14.1 Å². The minimum atomic E-state index is -0.101. The highest BCUT2D eigenvalue weighted by Gasteiger charge is 2.14. The summed E-state index contributed by atoms with van der Waals surface area (Å²) in [5, 5.41) is 0. The molecule has 0 fully saturated rings. The first-order chi connectivity index (χ1) is 8.52. The third-order valence-corrected chi connectivity index (χ3v) is 3.30. The van der Waals surface area contributed by atoms with Crippen molar-refractivity contribution in [3.05, 3.63) is 29.6 Å². The molecular weight excluding hydrogens is 226 g/mol. The van der Waals surface area contributed by atoms with Crippen LogP contribution in [0.1, 0.15) is 43.8 Å². The third kappa shape index (κ3) is 2.23. The maximum absolute atomic E-state index is 11.8. The summed E-state index contributed by atoms with van der Waals surface area (Å²) in [6, 6.07) is 6.14. The SMILES string of the molecule is CCC(C)c1ccc2nc(C(=O)N(C)C)[nH]c2c1.[HH]. The number of aromatic amines is 1. The Morgan fingerprint density at radius 3 is 2.83 bits per heavy atom. The van der Waals surface area contributed by atoms with Crippen molar-refractivity contribution in [3.8, 4) is 0 Å². The van der Waals surface area contributed by atoms with E-state index in [9.17, 15) is 4.79 Å². The molecule has 1 atom stereocenters. The number of carbonyl (C=O) groups excluding carboxylic acids is 1. The largest absolute Gasteiger partial charge is 0.342 e. The molecule has 1 aromatic heterocycles. The lowest BCUT2D eigenvalue weighted by Gasteiger charge is -2.07. The fourth-order valence-electron chi connectivity index (χ4n) is 1.88. The van der Waals surface area contributed by atoms with E-state index in [0.29, 0.717) is 11.7 Å². The number of rotatable bonds is 3. The smallest absolute Gasteiger partial charge is 0.289 e. The van der Waals surface area contributed by atoms with Crippen molar-refractivity contribution >= 4 is 16.9 Å². The number of benzene rings is 1. The Morgan fingerprint density at radius 2 is 2.22 bits per heavy atom. The van der Waals surface area contributed by atoms with Gasteiger partial charge in [-0.15, -0.1) is 0 Å². The van der Waals surface area contributed by atoms with E-state index in [1.54, 1.807) is 14.1 Å². The Hall–Kier alpha value is -1.84. The van der Waals surface area contributed by atoms with Gasteiger partial charge in [-0.1, -0.05) is 19.9 Å². The van der Waals surface area contributed by atoms with Gasteiger partial charge in [0.1, 0.15) is 0 Å². The van der Waals surface area contributed by atoms with Gasteiger partial charge in [-0.2, -0.15) is 0 Å². The number of H-pyrrole nitrogens is 1. The summed E-state index contributed by atoms with van der Waals surface area (Å²) in [6.07, 6.45) is 1.10. The molecule has 98 valence electrons. The first-order valence-corrected chi connectivity index (χ1v) is 6.24. The van der Waals surface area contributed by atoms with Crippen LogP contribution in [0, 0.1) is 0 Å². The second kappa shape index (κ2) is 4.80. The molecule has 1 heterocycles. The Bertz CT molecular complexity index is 577. The van der Waals surface area contributed by atoms with Crippen LogP contribution in [-0.4, -0.2) is 34.9 Å². The van der Waals surface area contributed by atoms with Gasteiger partial charge in [0.05, 0.1) is 11.0 Å². The molecule has 0 spiro atoms. The predicted octanol–water partition coefficient (Wildman–Crippen LogP) is 3.02. The number of imidazole rings is 1. The van der Waals surface area contributed by atoms with Gasteiger partial charge in [-0.25, -0.2) is 4.98 Å². The second-order valence-corrected chi connectivity index (χ2v) is 4.87. The van der Waals surface area contributed by atoms with Crippen LogP contribution in [0.5, 0.6) is 0 Å².